The SMILES string of the molecule is O=c1[nH]c2cc(C(F)(F)F)c(Oc3ccccc3)cc2n(CP(=O)(O)O)c1=O. The van der Waals surface area contributed by atoms with Crippen molar-refractivity contribution in [2.24, 2.45) is 0 Å². The standard InChI is InChI=1S/C16H12F3N2O6P/c17-16(18,19)10-6-11-12(7-13(10)27-9-4-2-1-3-5-9)21(8-28(24,25)26)15(23)14(22)20-11/h1-7H,8H2,(H,20,22)(H2,24,25,26). The normalized spacial score (nSPS) is 12.3. The first-order chi connectivity index (χ1) is 13.0. The highest BCUT2D eigenvalue weighted by Crippen LogP contribution is 2.41. The molecule has 2 aromatic carbocycles. The van der Waals surface area contributed by atoms with Crippen LogP contribution in [0.25, 0.3) is 11.0 Å². The van der Waals surface area contributed by atoms with Crippen molar-refractivity contribution in [2.45, 2.75) is 12.5 Å². The molecule has 1 aromatic heterocycles. The van der Waals surface area contributed by atoms with E-state index in [1.807, 2.05) is 4.98 Å². The summed E-state index contributed by atoms with van der Waals surface area (Å²) in [6.07, 6.45) is -6.04. The van der Waals surface area contributed by atoms with E-state index in [4.69, 9.17) is 14.5 Å². The number of nitrogens with zero attached hydrogens (tertiary/aromatic N) is 1. The van der Waals surface area contributed by atoms with E-state index in [9.17, 15) is 27.3 Å². The van der Waals surface area contributed by atoms with Gasteiger partial charge in [0, 0.05) is 6.07 Å². The lowest BCUT2D eigenvalue weighted by Gasteiger charge is -2.17. The molecule has 0 aliphatic rings. The first kappa shape index (κ1) is 19.9. The monoisotopic (exact) mass is 416 g/mol. The molecule has 0 saturated carbocycles. The zero-order chi connectivity index (χ0) is 20.7. The van der Waals surface area contributed by atoms with Crippen molar-refractivity contribution in [1.29, 1.82) is 0 Å². The number of hydrogen-bond donors (Lipinski definition) is 3. The first-order valence-corrected chi connectivity index (χ1v) is 9.41. The van der Waals surface area contributed by atoms with E-state index in [2.05, 4.69) is 0 Å². The summed E-state index contributed by atoms with van der Waals surface area (Å²) >= 11 is 0. The zero-order valence-corrected chi connectivity index (χ0v) is 14.7. The molecule has 12 heteroatoms. The lowest BCUT2D eigenvalue weighted by molar-refractivity contribution is -0.138. The number of alkyl halides is 3. The van der Waals surface area contributed by atoms with Crippen LogP contribution >= 0.6 is 7.60 Å². The molecular weight excluding hydrogens is 404 g/mol. The fourth-order valence-corrected chi connectivity index (χ4v) is 3.20. The molecule has 1 heterocycles. The Hall–Kier alpha value is -2.88. The molecule has 0 atom stereocenters. The molecule has 0 radical (unpaired) electrons. The smallest absolute Gasteiger partial charge is 0.420 e. The zero-order valence-electron chi connectivity index (χ0n) is 13.8. The number of hydrogen-bond acceptors (Lipinski definition) is 4. The Morgan fingerprint density at radius 2 is 1.75 bits per heavy atom. The van der Waals surface area contributed by atoms with Crippen LogP contribution in [0.3, 0.4) is 0 Å². The summed E-state index contributed by atoms with van der Waals surface area (Å²) < 4.78 is 57.4. The number of benzene rings is 2. The molecule has 28 heavy (non-hydrogen) atoms. The number of ether oxygens (including phenoxy) is 1. The average molecular weight is 416 g/mol. The van der Waals surface area contributed by atoms with Gasteiger partial charge < -0.3 is 19.5 Å². The highest BCUT2D eigenvalue weighted by Gasteiger charge is 2.36. The van der Waals surface area contributed by atoms with Gasteiger partial charge >= 0.3 is 24.9 Å². The van der Waals surface area contributed by atoms with Gasteiger partial charge in [-0.1, -0.05) is 18.2 Å². The molecule has 0 unspecified atom stereocenters. The summed E-state index contributed by atoms with van der Waals surface area (Å²) in [4.78, 5) is 44.1. The second-order valence-electron chi connectivity index (χ2n) is 5.77. The topological polar surface area (TPSA) is 122 Å². The van der Waals surface area contributed by atoms with Crippen LogP contribution in [0.5, 0.6) is 11.5 Å². The van der Waals surface area contributed by atoms with Crippen LogP contribution in [0, 0.1) is 0 Å². The number of para-hydroxylation sites is 1. The second kappa shape index (κ2) is 6.93. The van der Waals surface area contributed by atoms with E-state index < -0.39 is 48.0 Å². The van der Waals surface area contributed by atoms with Gasteiger partial charge in [-0.3, -0.25) is 18.7 Å². The Bertz CT molecular complexity index is 1200. The van der Waals surface area contributed by atoms with Gasteiger partial charge in [-0.25, -0.2) is 0 Å². The summed E-state index contributed by atoms with van der Waals surface area (Å²) in [5, 5.41) is 0. The van der Waals surface area contributed by atoms with Crippen molar-refractivity contribution in [3.8, 4) is 11.5 Å². The maximum absolute atomic E-state index is 13.5. The maximum atomic E-state index is 13.5. The van der Waals surface area contributed by atoms with Crippen LogP contribution in [-0.2, 0) is 17.0 Å². The fourth-order valence-electron chi connectivity index (χ4n) is 2.55. The van der Waals surface area contributed by atoms with E-state index >= 15 is 0 Å². The molecule has 0 amide bonds. The van der Waals surface area contributed by atoms with Gasteiger partial charge in [-0.2, -0.15) is 13.2 Å². The average Bonchev–Trinajstić information content (AvgIpc) is 2.58. The molecule has 148 valence electrons. The van der Waals surface area contributed by atoms with Crippen molar-refractivity contribution in [1.82, 2.24) is 9.55 Å². The van der Waals surface area contributed by atoms with Crippen LogP contribution in [0.1, 0.15) is 5.56 Å². The van der Waals surface area contributed by atoms with Crippen molar-refractivity contribution in [3.63, 3.8) is 0 Å². The third kappa shape index (κ3) is 4.16. The third-order valence-electron chi connectivity index (χ3n) is 3.68. The molecule has 8 nitrogen and oxygen atoms in total. The third-order valence-corrected chi connectivity index (χ3v) is 4.33. The molecular formula is C16H12F3N2O6P. The molecule has 3 N–H and O–H groups in total. The van der Waals surface area contributed by atoms with Gasteiger partial charge in [-0.15, -0.1) is 0 Å². The van der Waals surface area contributed by atoms with Crippen molar-refractivity contribution >= 4 is 18.6 Å². The minimum Gasteiger partial charge on any atom is -0.457 e. The van der Waals surface area contributed by atoms with Crippen molar-refractivity contribution in [2.75, 3.05) is 0 Å². The molecule has 3 aromatic rings. The predicted molar refractivity (Wildman–Crippen MR) is 92.4 cm³/mol. The summed E-state index contributed by atoms with van der Waals surface area (Å²) in [6.45, 7) is 0. The van der Waals surface area contributed by atoms with E-state index in [1.165, 1.54) is 24.3 Å². The van der Waals surface area contributed by atoms with Crippen LogP contribution in [-0.4, -0.2) is 19.3 Å². The quantitative estimate of drug-likeness (QED) is 0.444. The minimum absolute atomic E-state index is 0.0701. The van der Waals surface area contributed by atoms with Crippen LogP contribution < -0.4 is 15.9 Å². The molecule has 0 bridgehead atoms. The number of halogens is 3. The number of fused-ring (bicyclic) bond motifs is 1. The highest BCUT2D eigenvalue weighted by atomic mass is 31.2. The Kier molecular flexibility index (Phi) is 4.92. The van der Waals surface area contributed by atoms with Crippen LogP contribution in [0.2, 0.25) is 0 Å². The van der Waals surface area contributed by atoms with E-state index in [-0.39, 0.29) is 11.3 Å². The lowest BCUT2D eigenvalue weighted by Crippen LogP contribution is -2.36. The Morgan fingerprint density at radius 3 is 2.32 bits per heavy atom. The minimum atomic E-state index is -4.86. The van der Waals surface area contributed by atoms with E-state index in [0.29, 0.717) is 10.6 Å². The van der Waals surface area contributed by atoms with Crippen LogP contribution in [0.4, 0.5) is 13.2 Å². The molecule has 0 aliphatic carbocycles. The Labute approximate surface area is 154 Å². The number of nitrogens with one attached hydrogen (secondary N) is 1. The summed E-state index contributed by atoms with van der Waals surface area (Å²) in [6, 6.07) is 8.85. The van der Waals surface area contributed by atoms with E-state index in [1.54, 1.807) is 6.07 Å². The molecule has 0 aliphatic heterocycles. The van der Waals surface area contributed by atoms with Gasteiger partial charge in [0.15, 0.2) is 0 Å². The van der Waals surface area contributed by atoms with Crippen LogP contribution in [0.15, 0.2) is 52.1 Å². The highest BCUT2D eigenvalue weighted by molar-refractivity contribution is 7.50. The Morgan fingerprint density at radius 1 is 1.11 bits per heavy atom. The molecule has 3 rings (SSSR count). The van der Waals surface area contributed by atoms with Gasteiger partial charge in [0.2, 0.25) is 0 Å². The molecule has 0 spiro atoms. The van der Waals surface area contributed by atoms with Gasteiger partial charge in [0.25, 0.3) is 0 Å². The summed E-state index contributed by atoms with van der Waals surface area (Å²) in [5.41, 5.74) is -4.62. The Balaban J connectivity index is 2.33. The largest absolute Gasteiger partial charge is 0.457 e. The van der Waals surface area contributed by atoms with Crippen molar-refractivity contribution < 1.29 is 32.3 Å². The maximum Gasteiger partial charge on any atom is 0.420 e. The number of rotatable bonds is 4. The lowest BCUT2D eigenvalue weighted by atomic mass is 10.1. The number of H-pyrrole nitrogens is 1. The second-order valence-corrected chi connectivity index (χ2v) is 7.38. The van der Waals surface area contributed by atoms with Gasteiger partial charge in [0.1, 0.15) is 23.3 Å². The molecule has 0 fully saturated rings. The summed E-state index contributed by atoms with van der Waals surface area (Å²) in [5.74, 6) is -0.627. The van der Waals surface area contributed by atoms with Gasteiger partial charge in [0.05, 0.1) is 11.0 Å². The number of aromatic amines is 1. The van der Waals surface area contributed by atoms with Gasteiger partial charge in [-0.05, 0) is 18.2 Å². The fraction of sp³-hybridized carbons (Fsp3) is 0.125. The van der Waals surface area contributed by atoms with E-state index in [0.717, 1.165) is 6.07 Å². The molecule has 0 saturated heterocycles. The van der Waals surface area contributed by atoms with Crippen molar-refractivity contribution in [3.05, 3.63) is 68.7 Å². The predicted octanol–water partition coefficient (Wildman–Crippen LogP) is 2.64. The first-order valence-electron chi connectivity index (χ1n) is 7.61. The number of aromatic nitrogens is 2. The summed E-state index contributed by atoms with van der Waals surface area (Å²) in [7, 11) is -4.82.